The van der Waals surface area contributed by atoms with Crippen LogP contribution in [0.2, 0.25) is 0 Å². The summed E-state index contributed by atoms with van der Waals surface area (Å²) in [5, 5.41) is 10.9. The molecule has 0 spiro atoms. The molecule has 0 aromatic heterocycles. The second-order valence-electron chi connectivity index (χ2n) is 4.53. The fourth-order valence-corrected chi connectivity index (χ4v) is 2.15. The summed E-state index contributed by atoms with van der Waals surface area (Å²) < 4.78 is 27.0. The lowest BCUT2D eigenvalue weighted by Gasteiger charge is -2.18. The van der Waals surface area contributed by atoms with Gasteiger partial charge in [-0.05, 0) is 12.0 Å². The van der Waals surface area contributed by atoms with Gasteiger partial charge in [0.1, 0.15) is 0 Å². The minimum atomic E-state index is -1.19. The summed E-state index contributed by atoms with van der Waals surface area (Å²) in [6.45, 7) is 2.53. The van der Waals surface area contributed by atoms with Crippen molar-refractivity contribution in [3.05, 3.63) is 33.9 Å². The number of hydrogen-bond donors (Lipinski definition) is 1. The molecule has 1 heterocycles. The van der Waals surface area contributed by atoms with Crippen LogP contribution in [0.4, 0.5) is 20.2 Å². The molecule has 1 fully saturated rings. The van der Waals surface area contributed by atoms with Crippen LogP contribution in [0, 0.1) is 27.7 Å². The maximum Gasteiger partial charge on any atom is 0.295 e. The monoisotopic (exact) mass is 257 g/mol. The lowest BCUT2D eigenvalue weighted by molar-refractivity contribution is -0.384. The maximum atomic E-state index is 13.8. The molecule has 0 aliphatic carbocycles. The van der Waals surface area contributed by atoms with E-state index in [0.29, 0.717) is 6.54 Å². The average Bonchev–Trinajstić information content (AvgIpc) is 2.62. The fraction of sp³-hybridized carbons (Fsp3) is 0.455. The van der Waals surface area contributed by atoms with Gasteiger partial charge in [-0.25, -0.2) is 8.78 Å². The molecule has 7 heteroatoms. The highest BCUT2D eigenvalue weighted by Gasteiger charge is 2.33. The molecule has 2 N–H and O–H groups in total. The van der Waals surface area contributed by atoms with Crippen LogP contribution in [0.25, 0.3) is 0 Å². The van der Waals surface area contributed by atoms with Gasteiger partial charge in [0.25, 0.3) is 5.69 Å². The SMILES string of the molecule is CC1CN(c2c([N+](=O)[O-])ccc(F)c2F)CC1N. The van der Waals surface area contributed by atoms with E-state index in [1.54, 1.807) is 0 Å². The summed E-state index contributed by atoms with van der Waals surface area (Å²) in [5.74, 6) is -2.21. The maximum absolute atomic E-state index is 13.8. The molecule has 18 heavy (non-hydrogen) atoms. The first kappa shape index (κ1) is 12.7. The Kier molecular flexibility index (Phi) is 3.16. The van der Waals surface area contributed by atoms with E-state index in [1.807, 2.05) is 6.92 Å². The largest absolute Gasteiger partial charge is 0.362 e. The van der Waals surface area contributed by atoms with E-state index in [9.17, 15) is 18.9 Å². The van der Waals surface area contributed by atoms with E-state index in [1.165, 1.54) is 4.90 Å². The summed E-state index contributed by atoms with van der Waals surface area (Å²) in [7, 11) is 0. The highest BCUT2D eigenvalue weighted by atomic mass is 19.2. The number of nitrogens with two attached hydrogens (primary N) is 1. The zero-order valence-electron chi connectivity index (χ0n) is 9.77. The van der Waals surface area contributed by atoms with Crippen LogP contribution in [-0.4, -0.2) is 24.1 Å². The third-order valence-corrected chi connectivity index (χ3v) is 3.23. The Labute approximate surface area is 102 Å². The Morgan fingerprint density at radius 2 is 2.11 bits per heavy atom. The molecule has 1 saturated heterocycles. The standard InChI is InChI=1S/C11H13F2N3O2/c1-6-4-15(5-8(6)14)11-9(16(17)18)3-2-7(12)10(11)13/h2-3,6,8H,4-5,14H2,1H3. The predicted octanol–water partition coefficient (Wildman–Crippen LogP) is 1.66. The topological polar surface area (TPSA) is 72.4 Å². The van der Waals surface area contributed by atoms with Crippen LogP contribution in [0.5, 0.6) is 0 Å². The molecule has 2 atom stereocenters. The van der Waals surface area contributed by atoms with Crippen LogP contribution in [0.3, 0.4) is 0 Å². The van der Waals surface area contributed by atoms with Crippen LogP contribution >= 0.6 is 0 Å². The summed E-state index contributed by atoms with van der Waals surface area (Å²) in [6.07, 6.45) is 0. The Morgan fingerprint density at radius 3 is 2.61 bits per heavy atom. The van der Waals surface area contributed by atoms with Crippen molar-refractivity contribution in [1.29, 1.82) is 0 Å². The molecule has 0 saturated carbocycles. The van der Waals surface area contributed by atoms with Gasteiger partial charge in [-0.3, -0.25) is 10.1 Å². The van der Waals surface area contributed by atoms with Crippen molar-refractivity contribution in [1.82, 2.24) is 0 Å². The van der Waals surface area contributed by atoms with Gasteiger partial charge in [-0.2, -0.15) is 0 Å². The summed E-state index contributed by atoms with van der Waals surface area (Å²) in [6, 6.07) is 1.53. The van der Waals surface area contributed by atoms with Gasteiger partial charge in [0.2, 0.25) is 0 Å². The van der Waals surface area contributed by atoms with Crippen LogP contribution in [0.15, 0.2) is 12.1 Å². The zero-order valence-corrected chi connectivity index (χ0v) is 9.77. The molecule has 1 aliphatic rings. The number of nitro groups is 1. The molecule has 0 bridgehead atoms. The molecule has 0 amide bonds. The van der Waals surface area contributed by atoms with Gasteiger partial charge in [0.05, 0.1) is 4.92 Å². The number of benzene rings is 1. The van der Waals surface area contributed by atoms with Crippen LogP contribution < -0.4 is 10.6 Å². The molecule has 1 aromatic carbocycles. The van der Waals surface area contributed by atoms with Gasteiger partial charge in [-0.1, -0.05) is 6.92 Å². The quantitative estimate of drug-likeness (QED) is 0.646. The third kappa shape index (κ3) is 2.01. The van der Waals surface area contributed by atoms with E-state index in [2.05, 4.69) is 0 Å². The van der Waals surface area contributed by atoms with Crippen LogP contribution in [-0.2, 0) is 0 Å². The van der Waals surface area contributed by atoms with Gasteiger partial charge >= 0.3 is 0 Å². The molecule has 2 unspecified atom stereocenters. The van der Waals surface area contributed by atoms with Crippen LogP contribution in [0.1, 0.15) is 6.92 Å². The molecule has 1 aliphatic heterocycles. The molecule has 98 valence electrons. The fourth-order valence-electron chi connectivity index (χ4n) is 2.15. The van der Waals surface area contributed by atoms with Crippen molar-refractivity contribution in [2.75, 3.05) is 18.0 Å². The van der Waals surface area contributed by atoms with Gasteiger partial charge in [0, 0.05) is 25.2 Å². The van der Waals surface area contributed by atoms with Gasteiger partial charge < -0.3 is 10.6 Å². The number of hydrogen-bond acceptors (Lipinski definition) is 4. The predicted molar refractivity (Wildman–Crippen MR) is 62.4 cm³/mol. The van der Waals surface area contributed by atoms with Crippen molar-refractivity contribution >= 4 is 11.4 Å². The van der Waals surface area contributed by atoms with Crippen molar-refractivity contribution in [2.24, 2.45) is 11.7 Å². The van der Waals surface area contributed by atoms with Gasteiger partial charge in [0.15, 0.2) is 17.3 Å². The van der Waals surface area contributed by atoms with Crippen molar-refractivity contribution < 1.29 is 13.7 Å². The minimum Gasteiger partial charge on any atom is -0.362 e. The smallest absolute Gasteiger partial charge is 0.295 e. The summed E-state index contributed by atoms with van der Waals surface area (Å²) in [4.78, 5) is 11.6. The van der Waals surface area contributed by atoms with E-state index < -0.39 is 22.2 Å². The number of anilines is 1. The second kappa shape index (κ2) is 4.49. The number of nitrogens with zero attached hydrogens (tertiary/aromatic N) is 2. The van der Waals surface area contributed by atoms with E-state index in [-0.39, 0.29) is 24.2 Å². The molecule has 1 aromatic rings. The normalized spacial score (nSPS) is 23.4. The van der Waals surface area contributed by atoms with E-state index in [4.69, 9.17) is 5.73 Å². The number of nitro benzene ring substituents is 1. The highest BCUT2D eigenvalue weighted by molar-refractivity contribution is 5.65. The Bertz CT molecular complexity index is 485. The third-order valence-electron chi connectivity index (χ3n) is 3.23. The first-order valence-corrected chi connectivity index (χ1v) is 5.54. The molecule has 0 radical (unpaired) electrons. The van der Waals surface area contributed by atoms with Crippen molar-refractivity contribution in [2.45, 2.75) is 13.0 Å². The Morgan fingerprint density at radius 1 is 1.44 bits per heavy atom. The molecule has 5 nitrogen and oxygen atoms in total. The van der Waals surface area contributed by atoms with Crippen molar-refractivity contribution in [3.63, 3.8) is 0 Å². The highest BCUT2D eigenvalue weighted by Crippen LogP contribution is 2.35. The number of rotatable bonds is 2. The zero-order chi connectivity index (χ0) is 13.4. The first-order chi connectivity index (χ1) is 8.41. The van der Waals surface area contributed by atoms with Gasteiger partial charge in [-0.15, -0.1) is 0 Å². The second-order valence-corrected chi connectivity index (χ2v) is 4.53. The summed E-state index contributed by atoms with van der Waals surface area (Å²) in [5.41, 5.74) is 5.05. The number of halogens is 2. The average molecular weight is 257 g/mol. The summed E-state index contributed by atoms with van der Waals surface area (Å²) >= 11 is 0. The minimum absolute atomic E-state index is 0.0762. The Balaban J connectivity index is 2.49. The lowest BCUT2D eigenvalue weighted by atomic mass is 10.1. The lowest BCUT2D eigenvalue weighted by Crippen LogP contribution is -2.29. The van der Waals surface area contributed by atoms with E-state index >= 15 is 0 Å². The molecular weight excluding hydrogens is 244 g/mol. The van der Waals surface area contributed by atoms with Crippen molar-refractivity contribution in [3.8, 4) is 0 Å². The molecular formula is C11H13F2N3O2. The van der Waals surface area contributed by atoms with E-state index in [0.717, 1.165) is 12.1 Å². The first-order valence-electron chi connectivity index (χ1n) is 5.54. The molecule has 2 rings (SSSR count). The Hall–Kier alpha value is -1.76.